The fraction of sp³-hybridized carbons (Fsp3) is 0.308. The molecular formula is C13H14N2O2. The monoisotopic (exact) mass is 230 g/mol. The molecule has 4 nitrogen and oxygen atoms in total. The second kappa shape index (κ2) is 3.89. The van der Waals surface area contributed by atoms with Gasteiger partial charge in [-0.1, -0.05) is 30.3 Å². The SMILES string of the molecule is CC1c2c([nH]oc2=O)CN1Cc1ccccc1. The van der Waals surface area contributed by atoms with Crippen molar-refractivity contribution in [2.45, 2.75) is 26.1 Å². The Labute approximate surface area is 98.8 Å². The molecule has 4 heteroatoms. The van der Waals surface area contributed by atoms with Crippen molar-refractivity contribution < 1.29 is 4.52 Å². The molecule has 3 rings (SSSR count). The van der Waals surface area contributed by atoms with Crippen molar-refractivity contribution in [3.8, 4) is 0 Å². The van der Waals surface area contributed by atoms with E-state index < -0.39 is 0 Å². The minimum absolute atomic E-state index is 0.118. The maximum atomic E-state index is 11.5. The van der Waals surface area contributed by atoms with E-state index in [1.54, 1.807) is 0 Å². The third kappa shape index (κ3) is 1.70. The van der Waals surface area contributed by atoms with Crippen LogP contribution in [0.1, 0.15) is 29.8 Å². The molecule has 1 atom stereocenters. The first-order chi connectivity index (χ1) is 8.25. The van der Waals surface area contributed by atoms with Crippen LogP contribution < -0.4 is 5.63 Å². The molecule has 1 N–H and O–H groups in total. The Hall–Kier alpha value is -1.81. The van der Waals surface area contributed by atoms with Gasteiger partial charge in [-0.3, -0.25) is 4.90 Å². The number of benzene rings is 1. The van der Waals surface area contributed by atoms with Crippen LogP contribution in [0.15, 0.2) is 39.6 Å². The fourth-order valence-electron chi connectivity index (χ4n) is 2.41. The van der Waals surface area contributed by atoms with Crippen LogP contribution in [-0.4, -0.2) is 10.1 Å². The minimum Gasteiger partial charge on any atom is -0.338 e. The van der Waals surface area contributed by atoms with Crippen molar-refractivity contribution in [1.29, 1.82) is 0 Å². The van der Waals surface area contributed by atoms with Crippen LogP contribution in [-0.2, 0) is 13.1 Å². The highest BCUT2D eigenvalue weighted by Crippen LogP contribution is 2.30. The number of nitrogens with one attached hydrogen (secondary N) is 1. The van der Waals surface area contributed by atoms with E-state index in [4.69, 9.17) is 4.52 Å². The highest BCUT2D eigenvalue weighted by atomic mass is 16.5. The molecule has 17 heavy (non-hydrogen) atoms. The lowest BCUT2D eigenvalue weighted by Gasteiger charge is -2.20. The second-order valence-corrected chi connectivity index (χ2v) is 4.45. The van der Waals surface area contributed by atoms with Crippen molar-refractivity contribution in [2.75, 3.05) is 0 Å². The summed E-state index contributed by atoms with van der Waals surface area (Å²) in [6.45, 7) is 3.64. The largest absolute Gasteiger partial charge is 0.362 e. The van der Waals surface area contributed by atoms with Crippen LogP contribution in [0.2, 0.25) is 0 Å². The summed E-state index contributed by atoms with van der Waals surface area (Å²) in [5.41, 5.74) is 2.72. The summed E-state index contributed by atoms with van der Waals surface area (Å²) in [5.74, 6) is 0. The number of fused-ring (bicyclic) bond motifs is 1. The van der Waals surface area contributed by atoms with Gasteiger partial charge in [0.05, 0.1) is 11.3 Å². The Morgan fingerprint density at radius 3 is 2.88 bits per heavy atom. The third-order valence-corrected chi connectivity index (χ3v) is 3.37. The first kappa shape index (κ1) is 10.4. The Bertz CT molecular complexity index is 571. The van der Waals surface area contributed by atoms with Gasteiger partial charge in [-0.15, -0.1) is 0 Å². The predicted molar refractivity (Wildman–Crippen MR) is 63.4 cm³/mol. The van der Waals surface area contributed by atoms with Crippen LogP contribution in [0.5, 0.6) is 0 Å². The molecule has 1 aromatic carbocycles. The fourth-order valence-corrected chi connectivity index (χ4v) is 2.41. The van der Waals surface area contributed by atoms with Crippen molar-refractivity contribution in [3.63, 3.8) is 0 Å². The van der Waals surface area contributed by atoms with Crippen molar-refractivity contribution in [2.24, 2.45) is 0 Å². The number of rotatable bonds is 2. The van der Waals surface area contributed by atoms with Gasteiger partial charge in [-0.2, -0.15) is 0 Å². The molecule has 0 radical (unpaired) electrons. The van der Waals surface area contributed by atoms with Crippen LogP contribution >= 0.6 is 0 Å². The van der Waals surface area contributed by atoms with E-state index in [9.17, 15) is 4.79 Å². The van der Waals surface area contributed by atoms with Crippen molar-refractivity contribution >= 4 is 0 Å². The lowest BCUT2D eigenvalue weighted by Crippen LogP contribution is -2.21. The zero-order valence-electron chi connectivity index (χ0n) is 9.64. The number of aromatic amines is 1. The lowest BCUT2D eigenvalue weighted by atomic mass is 10.1. The Kier molecular flexibility index (Phi) is 2.37. The summed E-state index contributed by atoms with van der Waals surface area (Å²) >= 11 is 0. The summed E-state index contributed by atoms with van der Waals surface area (Å²) in [6, 6.07) is 10.4. The number of hydrogen-bond donors (Lipinski definition) is 1. The average Bonchev–Trinajstić information content (AvgIpc) is 2.84. The Morgan fingerprint density at radius 2 is 2.18 bits per heavy atom. The number of H-pyrrole nitrogens is 1. The Morgan fingerprint density at radius 1 is 1.41 bits per heavy atom. The first-order valence-electron chi connectivity index (χ1n) is 5.74. The quantitative estimate of drug-likeness (QED) is 0.859. The third-order valence-electron chi connectivity index (χ3n) is 3.37. The summed E-state index contributed by atoms with van der Waals surface area (Å²) in [5, 5.41) is 2.70. The molecule has 2 heterocycles. The van der Waals surface area contributed by atoms with Gasteiger partial charge in [-0.25, -0.2) is 9.95 Å². The molecule has 0 amide bonds. The summed E-state index contributed by atoms with van der Waals surface area (Å²) in [6.07, 6.45) is 0. The molecule has 0 fully saturated rings. The zero-order chi connectivity index (χ0) is 11.8. The molecule has 1 aliphatic rings. The van der Waals surface area contributed by atoms with Gasteiger partial charge in [-0.05, 0) is 12.5 Å². The molecule has 0 aliphatic carbocycles. The number of aromatic nitrogens is 1. The molecule has 0 saturated carbocycles. The van der Waals surface area contributed by atoms with E-state index in [1.165, 1.54) is 5.56 Å². The van der Waals surface area contributed by atoms with Gasteiger partial charge in [0.1, 0.15) is 0 Å². The molecule has 88 valence electrons. The summed E-state index contributed by atoms with van der Waals surface area (Å²) in [7, 11) is 0. The topological polar surface area (TPSA) is 49.2 Å². The maximum absolute atomic E-state index is 11.5. The maximum Gasteiger partial charge on any atom is 0.362 e. The molecule has 0 spiro atoms. The molecule has 1 unspecified atom stereocenters. The van der Waals surface area contributed by atoms with Gasteiger partial charge in [0.25, 0.3) is 0 Å². The van der Waals surface area contributed by atoms with Gasteiger partial charge in [0, 0.05) is 19.1 Å². The normalized spacial score (nSPS) is 19.5. The molecule has 1 aliphatic heterocycles. The number of nitrogens with zero attached hydrogens (tertiary/aromatic N) is 1. The van der Waals surface area contributed by atoms with Crippen LogP contribution in [0.3, 0.4) is 0 Å². The zero-order valence-corrected chi connectivity index (χ0v) is 9.64. The highest BCUT2D eigenvalue weighted by molar-refractivity contribution is 5.25. The van der Waals surface area contributed by atoms with E-state index in [2.05, 4.69) is 22.2 Å². The molecule has 1 aromatic heterocycles. The van der Waals surface area contributed by atoms with E-state index in [0.29, 0.717) is 0 Å². The van der Waals surface area contributed by atoms with Crippen LogP contribution in [0, 0.1) is 0 Å². The Balaban J connectivity index is 1.83. The first-order valence-corrected chi connectivity index (χ1v) is 5.74. The average molecular weight is 230 g/mol. The van der Waals surface area contributed by atoms with Gasteiger partial charge < -0.3 is 4.52 Å². The molecule has 0 saturated heterocycles. The van der Waals surface area contributed by atoms with Crippen LogP contribution in [0.25, 0.3) is 0 Å². The van der Waals surface area contributed by atoms with E-state index >= 15 is 0 Å². The predicted octanol–water partition coefficient (Wildman–Crippen LogP) is 2.04. The van der Waals surface area contributed by atoms with E-state index in [0.717, 1.165) is 24.3 Å². The second-order valence-electron chi connectivity index (χ2n) is 4.45. The van der Waals surface area contributed by atoms with Gasteiger partial charge in [0.2, 0.25) is 0 Å². The summed E-state index contributed by atoms with van der Waals surface area (Å²) in [4.78, 5) is 13.8. The van der Waals surface area contributed by atoms with E-state index in [-0.39, 0.29) is 11.7 Å². The molecule has 0 bridgehead atoms. The highest BCUT2D eigenvalue weighted by Gasteiger charge is 2.31. The van der Waals surface area contributed by atoms with Crippen molar-refractivity contribution in [3.05, 3.63) is 57.6 Å². The lowest BCUT2D eigenvalue weighted by molar-refractivity contribution is 0.206. The number of hydrogen-bond acceptors (Lipinski definition) is 3. The smallest absolute Gasteiger partial charge is 0.338 e. The van der Waals surface area contributed by atoms with Crippen LogP contribution in [0.4, 0.5) is 0 Å². The summed E-state index contributed by atoms with van der Waals surface area (Å²) < 4.78 is 4.80. The standard InChI is InChI=1S/C13H14N2O2/c1-9-12-11(14-17-13(12)16)8-15(9)7-10-5-3-2-4-6-10/h2-6,9,14H,7-8H2,1H3. The minimum atomic E-state index is -0.233. The van der Waals surface area contributed by atoms with Gasteiger partial charge >= 0.3 is 5.63 Å². The molecular weight excluding hydrogens is 216 g/mol. The van der Waals surface area contributed by atoms with Gasteiger partial charge in [0.15, 0.2) is 0 Å². The van der Waals surface area contributed by atoms with E-state index in [1.807, 2.05) is 25.1 Å². The molecule has 2 aromatic rings. The van der Waals surface area contributed by atoms with Crippen molar-refractivity contribution in [1.82, 2.24) is 10.1 Å².